The van der Waals surface area contributed by atoms with Crippen LogP contribution in [0.15, 0.2) is 0 Å². The van der Waals surface area contributed by atoms with Gasteiger partial charge in [0.05, 0.1) is 10.4 Å². The van der Waals surface area contributed by atoms with Crippen LogP contribution in [0.3, 0.4) is 0 Å². The summed E-state index contributed by atoms with van der Waals surface area (Å²) < 4.78 is 11.2. The second-order valence-electron chi connectivity index (χ2n) is 3.84. The monoisotopic (exact) mass is 278 g/mol. The fourth-order valence-corrected chi connectivity index (χ4v) is 2.62. The molecule has 0 aliphatic rings. The number of rotatable bonds is 8. The average molecular weight is 278 g/mol. The Kier molecular flexibility index (Phi) is 7.54. The quantitative estimate of drug-likeness (QED) is 0.649. The third-order valence-corrected chi connectivity index (χ3v) is 4.74. The molecule has 0 aliphatic heterocycles. The van der Waals surface area contributed by atoms with Gasteiger partial charge in [0.1, 0.15) is 0 Å². The van der Waals surface area contributed by atoms with Crippen LogP contribution >= 0.6 is 12.2 Å². The molecule has 0 spiro atoms. The van der Waals surface area contributed by atoms with Crippen LogP contribution in [-0.2, 0) is 15.6 Å². The molecule has 0 fully saturated rings. The highest BCUT2D eigenvalue weighted by Gasteiger charge is 2.37. The van der Waals surface area contributed by atoms with Crippen molar-refractivity contribution < 1.29 is 9.00 Å². The molecule has 0 rings (SSSR count). The van der Waals surface area contributed by atoms with Gasteiger partial charge in [0.2, 0.25) is 5.91 Å². The zero-order chi connectivity index (χ0) is 13.5. The summed E-state index contributed by atoms with van der Waals surface area (Å²) in [5.74, 6) is 0.934. The molecule has 0 radical (unpaired) electrons. The molecule has 0 aromatic carbocycles. The molecule has 0 saturated carbocycles. The summed E-state index contributed by atoms with van der Waals surface area (Å²) in [6.07, 6.45) is 1.17. The maximum Gasteiger partial charge on any atom is 0.233 e. The smallest absolute Gasteiger partial charge is 0.233 e. The summed E-state index contributed by atoms with van der Waals surface area (Å²) in [6, 6.07) is 0. The number of nitrogens with one attached hydrogen (secondary N) is 1. The van der Waals surface area contributed by atoms with Gasteiger partial charge in [-0.1, -0.05) is 33.0 Å². The highest BCUT2D eigenvalue weighted by molar-refractivity contribution is 7.84. The lowest BCUT2D eigenvalue weighted by atomic mass is 9.81. The van der Waals surface area contributed by atoms with E-state index in [1.165, 1.54) is 0 Å². The minimum atomic E-state index is -0.864. The third-order valence-electron chi connectivity index (χ3n) is 3.05. The molecule has 1 amide bonds. The van der Waals surface area contributed by atoms with Gasteiger partial charge in [0.15, 0.2) is 0 Å². The van der Waals surface area contributed by atoms with Gasteiger partial charge in [-0.2, -0.15) is 0 Å². The normalized spacial score (nSPS) is 13.1. The van der Waals surface area contributed by atoms with Gasteiger partial charge in [-0.3, -0.25) is 9.00 Å². The Morgan fingerprint density at radius 3 is 2.24 bits per heavy atom. The number of thiocarbonyl (C=S) groups is 1. The van der Waals surface area contributed by atoms with E-state index in [1.54, 1.807) is 0 Å². The number of carbonyl (C=O) groups is 1. The van der Waals surface area contributed by atoms with Crippen molar-refractivity contribution in [2.45, 2.75) is 33.6 Å². The molecule has 100 valence electrons. The van der Waals surface area contributed by atoms with E-state index in [1.807, 2.05) is 20.8 Å². The Morgan fingerprint density at radius 1 is 1.35 bits per heavy atom. The van der Waals surface area contributed by atoms with E-state index in [9.17, 15) is 9.00 Å². The highest BCUT2D eigenvalue weighted by Crippen LogP contribution is 2.26. The second-order valence-corrected chi connectivity index (χ2v) is 6.15. The topological polar surface area (TPSA) is 72.2 Å². The van der Waals surface area contributed by atoms with Gasteiger partial charge in [-0.05, 0) is 12.8 Å². The van der Waals surface area contributed by atoms with E-state index in [2.05, 4.69) is 5.32 Å². The van der Waals surface area contributed by atoms with Crippen molar-refractivity contribution in [3.8, 4) is 0 Å². The standard InChI is InChI=1S/C11H22N2O2S2/c1-4-11(5-2,9(12)16)10(14)13-7-8-17(15)6-3/h4-8H2,1-3H3,(H2,12,16)(H,13,14). The minimum Gasteiger partial charge on any atom is -0.392 e. The lowest BCUT2D eigenvalue weighted by molar-refractivity contribution is -0.127. The lowest BCUT2D eigenvalue weighted by Crippen LogP contribution is -2.49. The average Bonchev–Trinajstić information content (AvgIpc) is 2.30. The van der Waals surface area contributed by atoms with E-state index in [0.717, 1.165) is 0 Å². The molecule has 6 heteroatoms. The molecule has 1 atom stereocenters. The molecule has 0 heterocycles. The first kappa shape index (κ1) is 16.5. The van der Waals surface area contributed by atoms with Crippen LogP contribution in [0, 0.1) is 5.41 Å². The van der Waals surface area contributed by atoms with Crippen LogP contribution in [0.25, 0.3) is 0 Å². The Labute approximate surface area is 111 Å². The van der Waals surface area contributed by atoms with Crippen molar-refractivity contribution in [3.63, 3.8) is 0 Å². The van der Waals surface area contributed by atoms with Crippen LogP contribution < -0.4 is 11.1 Å². The SMILES string of the molecule is CCS(=O)CCNC(=O)C(CC)(CC)C(N)=S. The lowest BCUT2D eigenvalue weighted by Gasteiger charge is -2.28. The summed E-state index contributed by atoms with van der Waals surface area (Å²) in [6.45, 7) is 6.05. The van der Waals surface area contributed by atoms with Gasteiger partial charge < -0.3 is 11.1 Å². The van der Waals surface area contributed by atoms with Crippen molar-refractivity contribution in [2.75, 3.05) is 18.1 Å². The van der Waals surface area contributed by atoms with Gasteiger partial charge in [-0.25, -0.2) is 0 Å². The number of nitrogens with two attached hydrogens (primary N) is 1. The van der Waals surface area contributed by atoms with Crippen molar-refractivity contribution in [1.82, 2.24) is 5.32 Å². The molecule has 4 nitrogen and oxygen atoms in total. The zero-order valence-corrected chi connectivity index (χ0v) is 12.4. The molecule has 17 heavy (non-hydrogen) atoms. The maximum absolute atomic E-state index is 12.1. The molecule has 0 aromatic rings. The first-order valence-corrected chi connectivity index (χ1v) is 7.77. The van der Waals surface area contributed by atoms with E-state index in [4.69, 9.17) is 18.0 Å². The van der Waals surface area contributed by atoms with E-state index < -0.39 is 16.2 Å². The second kappa shape index (κ2) is 7.76. The molecule has 0 saturated heterocycles. The molecule has 0 aromatic heterocycles. The largest absolute Gasteiger partial charge is 0.392 e. The van der Waals surface area contributed by atoms with Crippen molar-refractivity contribution in [3.05, 3.63) is 0 Å². The Balaban J connectivity index is 4.45. The zero-order valence-electron chi connectivity index (χ0n) is 10.7. The van der Waals surface area contributed by atoms with Gasteiger partial charge >= 0.3 is 0 Å². The van der Waals surface area contributed by atoms with E-state index in [-0.39, 0.29) is 10.9 Å². The predicted molar refractivity (Wildman–Crippen MR) is 76.4 cm³/mol. The first-order chi connectivity index (χ1) is 7.94. The van der Waals surface area contributed by atoms with Crippen LogP contribution in [-0.4, -0.2) is 33.2 Å². The van der Waals surface area contributed by atoms with Gasteiger partial charge in [0.25, 0.3) is 0 Å². The fraction of sp³-hybridized carbons (Fsp3) is 0.818. The number of carbonyl (C=O) groups excluding carboxylic acids is 1. The van der Waals surface area contributed by atoms with Crippen LogP contribution in [0.5, 0.6) is 0 Å². The van der Waals surface area contributed by atoms with Gasteiger partial charge in [0, 0.05) is 28.9 Å². The van der Waals surface area contributed by atoms with Crippen molar-refractivity contribution >= 4 is 33.9 Å². The molecular formula is C11H22N2O2S2. The maximum atomic E-state index is 12.1. The molecular weight excluding hydrogens is 256 g/mol. The van der Waals surface area contributed by atoms with Gasteiger partial charge in [-0.15, -0.1) is 0 Å². The summed E-state index contributed by atoms with van der Waals surface area (Å²) in [7, 11) is -0.864. The van der Waals surface area contributed by atoms with E-state index in [0.29, 0.717) is 30.9 Å². The Hall–Kier alpha value is -0.490. The number of amides is 1. The van der Waals surface area contributed by atoms with E-state index >= 15 is 0 Å². The number of hydrogen-bond donors (Lipinski definition) is 2. The minimum absolute atomic E-state index is 0.150. The van der Waals surface area contributed by atoms with Crippen molar-refractivity contribution in [1.29, 1.82) is 0 Å². The van der Waals surface area contributed by atoms with Crippen LogP contribution in [0.2, 0.25) is 0 Å². The van der Waals surface area contributed by atoms with Crippen LogP contribution in [0.4, 0.5) is 0 Å². The Morgan fingerprint density at radius 2 is 1.88 bits per heavy atom. The molecule has 0 bridgehead atoms. The summed E-state index contributed by atoms with van der Waals surface area (Å²) >= 11 is 4.99. The van der Waals surface area contributed by atoms with Crippen LogP contribution in [0.1, 0.15) is 33.6 Å². The fourth-order valence-electron chi connectivity index (χ4n) is 1.62. The first-order valence-electron chi connectivity index (χ1n) is 5.87. The summed E-state index contributed by atoms with van der Waals surface area (Å²) in [4.78, 5) is 12.3. The Bertz CT molecular complexity index is 302. The number of hydrogen-bond acceptors (Lipinski definition) is 3. The third kappa shape index (κ3) is 4.35. The van der Waals surface area contributed by atoms with Crippen molar-refractivity contribution in [2.24, 2.45) is 11.1 Å². The molecule has 3 N–H and O–H groups in total. The summed E-state index contributed by atoms with van der Waals surface area (Å²) in [5.41, 5.74) is 4.90. The predicted octanol–water partition coefficient (Wildman–Crippen LogP) is 0.964. The molecule has 1 unspecified atom stereocenters. The summed E-state index contributed by atoms with van der Waals surface area (Å²) in [5, 5.41) is 2.77. The molecule has 0 aliphatic carbocycles. The highest BCUT2D eigenvalue weighted by atomic mass is 32.2.